The Morgan fingerprint density at radius 3 is 2.57 bits per heavy atom. The molecule has 0 unspecified atom stereocenters. The maximum atomic E-state index is 13.4. The van der Waals surface area contributed by atoms with Crippen LogP contribution in [0.1, 0.15) is 23.6 Å². The molecule has 0 fully saturated rings. The molecule has 2 aromatic carbocycles. The zero-order chi connectivity index (χ0) is 20.3. The molecule has 3 rings (SSSR count). The molecule has 1 amide bonds. The van der Waals surface area contributed by atoms with Crippen molar-refractivity contribution in [2.24, 2.45) is 0 Å². The van der Waals surface area contributed by atoms with Crippen molar-refractivity contribution in [3.05, 3.63) is 65.0 Å². The molecule has 28 heavy (non-hydrogen) atoms. The van der Waals surface area contributed by atoms with Crippen LogP contribution in [0.15, 0.2) is 47.6 Å². The minimum atomic E-state index is -0.396. The number of benzene rings is 2. The van der Waals surface area contributed by atoms with Gasteiger partial charge in [-0.1, -0.05) is 42.1 Å². The van der Waals surface area contributed by atoms with Gasteiger partial charge in [-0.25, -0.2) is 4.39 Å². The Kier molecular flexibility index (Phi) is 6.08. The van der Waals surface area contributed by atoms with Gasteiger partial charge in [0, 0.05) is 13.6 Å². The van der Waals surface area contributed by atoms with Crippen LogP contribution in [-0.4, -0.2) is 43.3 Å². The van der Waals surface area contributed by atoms with Gasteiger partial charge in [-0.2, -0.15) is 4.68 Å². The van der Waals surface area contributed by atoms with Crippen molar-refractivity contribution in [2.45, 2.75) is 37.7 Å². The zero-order valence-corrected chi connectivity index (χ0v) is 17.1. The molecule has 0 bridgehead atoms. The van der Waals surface area contributed by atoms with Crippen LogP contribution in [-0.2, 0) is 11.3 Å². The number of halogens is 1. The molecule has 146 valence electrons. The van der Waals surface area contributed by atoms with Gasteiger partial charge in [0.2, 0.25) is 11.1 Å². The molecule has 1 aromatic heterocycles. The highest BCUT2D eigenvalue weighted by molar-refractivity contribution is 8.00. The van der Waals surface area contributed by atoms with E-state index in [1.807, 2.05) is 39.0 Å². The lowest BCUT2D eigenvalue weighted by molar-refractivity contribution is -0.129. The van der Waals surface area contributed by atoms with Crippen molar-refractivity contribution in [3.63, 3.8) is 0 Å². The maximum Gasteiger partial charge on any atom is 0.235 e. The number of rotatable bonds is 6. The number of carbonyl (C=O) groups excluding carboxylic acids is 1. The van der Waals surface area contributed by atoms with Gasteiger partial charge in [0.1, 0.15) is 5.82 Å². The van der Waals surface area contributed by atoms with Crippen molar-refractivity contribution in [1.29, 1.82) is 0 Å². The summed E-state index contributed by atoms with van der Waals surface area (Å²) >= 11 is 1.30. The van der Waals surface area contributed by atoms with E-state index in [1.54, 1.807) is 28.8 Å². The molecule has 0 saturated carbocycles. The SMILES string of the molecule is Cc1cccc(C)c1-n1nnnc1S[C@@H](C)C(=O)N(C)Cc1cccc(F)c1. The van der Waals surface area contributed by atoms with Crippen LogP contribution in [0.3, 0.4) is 0 Å². The average molecular weight is 399 g/mol. The summed E-state index contributed by atoms with van der Waals surface area (Å²) in [6.07, 6.45) is 0. The van der Waals surface area contributed by atoms with E-state index in [2.05, 4.69) is 15.5 Å². The fourth-order valence-electron chi connectivity index (χ4n) is 3.04. The molecule has 3 aromatic rings. The second-order valence-electron chi connectivity index (χ2n) is 6.70. The summed E-state index contributed by atoms with van der Waals surface area (Å²) in [6.45, 7) is 6.15. The second-order valence-corrected chi connectivity index (χ2v) is 8.01. The third-order valence-corrected chi connectivity index (χ3v) is 5.43. The van der Waals surface area contributed by atoms with E-state index in [0.717, 1.165) is 22.4 Å². The molecule has 6 nitrogen and oxygen atoms in total. The standard InChI is InChI=1S/C20H22FN5OS/c1-13-7-5-8-14(2)18(13)26-20(22-23-24-26)28-15(3)19(27)25(4)12-16-9-6-10-17(21)11-16/h5-11,15H,12H2,1-4H3/t15-/m0/s1. The summed E-state index contributed by atoms with van der Waals surface area (Å²) in [5.74, 6) is -0.390. The number of nitrogens with zero attached hydrogens (tertiary/aromatic N) is 5. The first-order valence-electron chi connectivity index (χ1n) is 8.88. The molecule has 0 aliphatic rings. The van der Waals surface area contributed by atoms with Gasteiger partial charge in [-0.15, -0.1) is 5.10 Å². The highest BCUT2D eigenvalue weighted by Crippen LogP contribution is 2.27. The van der Waals surface area contributed by atoms with Crippen LogP contribution in [0, 0.1) is 19.7 Å². The topological polar surface area (TPSA) is 63.9 Å². The Balaban J connectivity index is 1.74. The van der Waals surface area contributed by atoms with Crippen molar-refractivity contribution >= 4 is 17.7 Å². The van der Waals surface area contributed by atoms with Gasteiger partial charge in [0.15, 0.2) is 0 Å². The Bertz CT molecular complexity index is 970. The third kappa shape index (κ3) is 4.39. The Labute approximate surface area is 167 Å². The molecule has 1 atom stereocenters. The summed E-state index contributed by atoms with van der Waals surface area (Å²) in [6, 6.07) is 12.2. The van der Waals surface area contributed by atoms with Gasteiger partial charge in [0.25, 0.3) is 0 Å². The minimum absolute atomic E-state index is 0.0784. The summed E-state index contributed by atoms with van der Waals surface area (Å²) in [4.78, 5) is 14.4. The zero-order valence-electron chi connectivity index (χ0n) is 16.3. The number of amides is 1. The number of carbonyl (C=O) groups is 1. The van der Waals surface area contributed by atoms with Gasteiger partial charge in [0.05, 0.1) is 10.9 Å². The molecular weight excluding hydrogens is 377 g/mol. The quantitative estimate of drug-likeness (QED) is 0.593. The van der Waals surface area contributed by atoms with Crippen LogP contribution in [0.5, 0.6) is 0 Å². The van der Waals surface area contributed by atoms with Gasteiger partial charge in [-0.05, 0) is 60.0 Å². The lowest BCUT2D eigenvalue weighted by atomic mass is 10.1. The number of thioether (sulfide) groups is 1. The van der Waals surface area contributed by atoms with E-state index in [1.165, 1.54) is 23.9 Å². The number of tetrazole rings is 1. The van der Waals surface area contributed by atoms with E-state index in [4.69, 9.17) is 0 Å². The smallest absolute Gasteiger partial charge is 0.235 e. The fraction of sp³-hybridized carbons (Fsp3) is 0.300. The second kappa shape index (κ2) is 8.52. The van der Waals surface area contributed by atoms with Crippen LogP contribution in [0.25, 0.3) is 5.69 Å². The van der Waals surface area contributed by atoms with Gasteiger partial charge < -0.3 is 4.90 Å². The number of aryl methyl sites for hydroxylation is 2. The van der Waals surface area contributed by atoms with Crippen LogP contribution >= 0.6 is 11.8 Å². The molecule has 0 spiro atoms. The number of hydrogen-bond acceptors (Lipinski definition) is 5. The number of hydrogen-bond donors (Lipinski definition) is 0. The largest absolute Gasteiger partial charge is 0.340 e. The van der Waals surface area contributed by atoms with Crippen molar-refractivity contribution in [3.8, 4) is 5.69 Å². The lowest BCUT2D eigenvalue weighted by Gasteiger charge is -2.21. The van der Waals surface area contributed by atoms with E-state index < -0.39 is 5.25 Å². The van der Waals surface area contributed by atoms with Crippen molar-refractivity contribution in [2.75, 3.05) is 7.05 Å². The summed E-state index contributed by atoms with van der Waals surface area (Å²) in [5, 5.41) is 12.2. The van der Waals surface area contributed by atoms with Gasteiger partial charge in [-0.3, -0.25) is 4.79 Å². The van der Waals surface area contributed by atoms with Crippen LogP contribution in [0.4, 0.5) is 4.39 Å². The molecule has 0 aliphatic heterocycles. The summed E-state index contributed by atoms with van der Waals surface area (Å²) < 4.78 is 15.0. The van der Waals surface area contributed by atoms with E-state index in [0.29, 0.717) is 11.7 Å². The van der Waals surface area contributed by atoms with Crippen molar-refractivity contribution < 1.29 is 9.18 Å². The Hall–Kier alpha value is -2.74. The lowest BCUT2D eigenvalue weighted by Crippen LogP contribution is -2.33. The molecule has 0 aliphatic carbocycles. The highest BCUT2D eigenvalue weighted by Gasteiger charge is 2.23. The number of aromatic nitrogens is 4. The Morgan fingerprint density at radius 2 is 1.89 bits per heavy atom. The first kappa shape index (κ1) is 20.0. The summed E-state index contributed by atoms with van der Waals surface area (Å²) in [5.41, 5.74) is 3.77. The first-order valence-corrected chi connectivity index (χ1v) is 9.76. The fourth-order valence-corrected chi connectivity index (χ4v) is 3.95. The molecule has 0 radical (unpaired) electrons. The molecule has 0 saturated heterocycles. The maximum absolute atomic E-state index is 13.4. The normalized spacial score (nSPS) is 12.0. The molecule has 8 heteroatoms. The molecular formula is C20H22FN5OS. The average Bonchev–Trinajstić information content (AvgIpc) is 3.08. The van der Waals surface area contributed by atoms with Crippen LogP contribution in [0.2, 0.25) is 0 Å². The Morgan fingerprint density at radius 1 is 1.21 bits per heavy atom. The van der Waals surface area contributed by atoms with E-state index in [9.17, 15) is 9.18 Å². The third-order valence-electron chi connectivity index (χ3n) is 4.41. The monoisotopic (exact) mass is 399 g/mol. The van der Waals surface area contributed by atoms with Crippen LogP contribution < -0.4 is 0 Å². The van der Waals surface area contributed by atoms with E-state index >= 15 is 0 Å². The van der Waals surface area contributed by atoms with Crippen molar-refractivity contribution in [1.82, 2.24) is 25.1 Å². The molecule has 1 heterocycles. The van der Waals surface area contributed by atoms with E-state index in [-0.39, 0.29) is 11.7 Å². The minimum Gasteiger partial charge on any atom is -0.340 e. The summed E-state index contributed by atoms with van der Waals surface area (Å²) in [7, 11) is 1.71. The van der Waals surface area contributed by atoms with Gasteiger partial charge >= 0.3 is 0 Å². The highest BCUT2D eigenvalue weighted by atomic mass is 32.2. The predicted octanol–water partition coefficient (Wildman–Crippen LogP) is 3.56. The first-order chi connectivity index (χ1) is 13.4. The predicted molar refractivity (Wildman–Crippen MR) is 107 cm³/mol. The molecule has 0 N–H and O–H groups in total. The number of para-hydroxylation sites is 1.